The van der Waals surface area contributed by atoms with E-state index < -0.39 is 12.0 Å². The van der Waals surface area contributed by atoms with Crippen LogP contribution in [0.25, 0.3) is 0 Å². The Morgan fingerprint density at radius 3 is 2.89 bits per heavy atom. The number of furan rings is 1. The average molecular weight is 272 g/mol. The Morgan fingerprint density at radius 1 is 1.61 bits per heavy atom. The van der Waals surface area contributed by atoms with Crippen LogP contribution in [0, 0.1) is 0 Å². The molecule has 4 N–H and O–H groups in total. The van der Waals surface area contributed by atoms with Gasteiger partial charge in [0.1, 0.15) is 11.8 Å². The van der Waals surface area contributed by atoms with Crippen LogP contribution in [0.1, 0.15) is 12.7 Å². The Labute approximate surface area is 109 Å². The van der Waals surface area contributed by atoms with Crippen molar-refractivity contribution in [1.82, 2.24) is 5.32 Å². The van der Waals surface area contributed by atoms with Gasteiger partial charge in [-0.15, -0.1) is 11.8 Å². The number of hydrogen-bond donors (Lipinski definition) is 3. The molecule has 0 aliphatic rings. The number of hydrogen-bond acceptors (Lipinski definition) is 5. The Morgan fingerprint density at radius 2 is 2.33 bits per heavy atom. The number of rotatable bonds is 7. The van der Waals surface area contributed by atoms with Crippen molar-refractivity contribution in [3.63, 3.8) is 0 Å². The molecule has 2 unspecified atom stereocenters. The molecule has 7 heteroatoms. The number of carboxylic acids is 1. The fourth-order valence-electron chi connectivity index (χ4n) is 1.13. The molecule has 1 aromatic heterocycles. The summed E-state index contributed by atoms with van der Waals surface area (Å²) in [5.74, 6) is -0.368. The Bertz CT molecular complexity index is 394. The molecular weight excluding hydrogens is 256 g/mol. The number of aliphatic carboxylic acids is 1. The second-order valence-corrected chi connectivity index (χ2v) is 5.09. The molecule has 1 amide bonds. The summed E-state index contributed by atoms with van der Waals surface area (Å²) in [6.07, 6.45) is 1.53. The molecule has 1 heterocycles. The first-order valence-electron chi connectivity index (χ1n) is 5.40. The number of carbonyl (C=O) groups is 2. The van der Waals surface area contributed by atoms with E-state index >= 15 is 0 Å². The highest BCUT2D eigenvalue weighted by Crippen LogP contribution is 2.11. The van der Waals surface area contributed by atoms with Gasteiger partial charge in [0.15, 0.2) is 0 Å². The normalized spacial score (nSPS) is 13.9. The quantitative estimate of drug-likeness (QED) is 0.664. The first-order valence-corrected chi connectivity index (χ1v) is 6.45. The van der Waals surface area contributed by atoms with Crippen molar-refractivity contribution in [3.8, 4) is 0 Å². The number of nitrogens with one attached hydrogen (secondary N) is 1. The molecule has 1 aromatic rings. The number of amides is 1. The lowest BCUT2D eigenvalue weighted by Crippen LogP contribution is -2.35. The third-order valence-corrected chi connectivity index (χ3v) is 3.49. The number of nitrogens with two attached hydrogens (primary N) is 1. The minimum absolute atomic E-state index is 0.172. The fraction of sp³-hybridized carbons (Fsp3) is 0.455. The van der Waals surface area contributed by atoms with Crippen LogP contribution in [0.3, 0.4) is 0 Å². The highest BCUT2D eigenvalue weighted by molar-refractivity contribution is 8.00. The van der Waals surface area contributed by atoms with E-state index in [-0.39, 0.29) is 16.9 Å². The van der Waals surface area contributed by atoms with Gasteiger partial charge in [0.25, 0.3) is 0 Å². The van der Waals surface area contributed by atoms with Crippen LogP contribution in [-0.2, 0) is 16.1 Å². The topological polar surface area (TPSA) is 106 Å². The van der Waals surface area contributed by atoms with E-state index in [2.05, 4.69) is 5.32 Å². The largest absolute Gasteiger partial charge is 0.480 e. The minimum atomic E-state index is -1.06. The van der Waals surface area contributed by atoms with E-state index in [4.69, 9.17) is 15.3 Å². The van der Waals surface area contributed by atoms with E-state index in [1.54, 1.807) is 19.1 Å². The zero-order valence-corrected chi connectivity index (χ0v) is 10.8. The standard InChI is InChI=1S/C11H16N2O4S/c1-7(18-6-9(12)11(15)16)10(14)13-5-8-3-2-4-17-8/h2-4,7,9H,5-6,12H2,1H3,(H,13,14)(H,15,16). The van der Waals surface area contributed by atoms with Crippen LogP contribution in [0.15, 0.2) is 22.8 Å². The van der Waals surface area contributed by atoms with Crippen molar-refractivity contribution in [3.05, 3.63) is 24.2 Å². The van der Waals surface area contributed by atoms with E-state index in [0.29, 0.717) is 12.3 Å². The van der Waals surface area contributed by atoms with Crippen molar-refractivity contribution >= 4 is 23.6 Å². The molecule has 0 aliphatic carbocycles. The van der Waals surface area contributed by atoms with Crippen molar-refractivity contribution < 1.29 is 19.1 Å². The molecule has 2 atom stereocenters. The summed E-state index contributed by atoms with van der Waals surface area (Å²) in [5.41, 5.74) is 5.35. The van der Waals surface area contributed by atoms with E-state index in [1.165, 1.54) is 18.0 Å². The van der Waals surface area contributed by atoms with Crippen LogP contribution in [0.5, 0.6) is 0 Å². The SMILES string of the molecule is CC(SCC(N)C(=O)O)C(=O)NCc1ccco1. The van der Waals surface area contributed by atoms with Gasteiger partial charge >= 0.3 is 5.97 Å². The maximum absolute atomic E-state index is 11.7. The molecule has 6 nitrogen and oxygen atoms in total. The molecule has 0 spiro atoms. The third kappa shape index (κ3) is 4.80. The van der Waals surface area contributed by atoms with Gasteiger partial charge in [-0.3, -0.25) is 9.59 Å². The molecule has 0 bridgehead atoms. The van der Waals surface area contributed by atoms with Crippen molar-refractivity contribution in [2.45, 2.75) is 24.8 Å². The van der Waals surface area contributed by atoms with Gasteiger partial charge in [-0.2, -0.15) is 0 Å². The number of carboxylic acid groups (broad SMARTS) is 1. The monoisotopic (exact) mass is 272 g/mol. The van der Waals surface area contributed by atoms with Crippen LogP contribution in [0.4, 0.5) is 0 Å². The Balaban J connectivity index is 2.26. The van der Waals surface area contributed by atoms with Crippen molar-refractivity contribution in [2.75, 3.05) is 5.75 Å². The molecule has 0 fully saturated rings. The zero-order chi connectivity index (χ0) is 13.5. The van der Waals surface area contributed by atoms with Gasteiger partial charge in [-0.1, -0.05) is 0 Å². The third-order valence-electron chi connectivity index (χ3n) is 2.23. The summed E-state index contributed by atoms with van der Waals surface area (Å²) in [6.45, 7) is 2.03. The average Bonchev–Trinajstić information content (AvgIpc) is 2.85. The summed E-state index contributed by atoms with van der Waals surface area (Å²) >= 11 is 1.21. The molecule has 0 aliphatic heterocycles. The van der Waals surface area contributed by atoms with E-state index in [1.807, 2.05) is 0 Å². The molecule has 1 rings (SSSR count). The molecule has 100 valence electrons. The second kappa shape index (κ2) is 7.07. The molecule has 0 saturated heterocycles. The highest BCUT2D eigenvalue weighted by atomic mass is 32.2. The summed E-state index contributed by atoms with van der Waals surface area (Å²) in [7, 11) is 0. The molecule has 0 aromatic carbocycles. The van der Waals surface area contributed by atoms with Gasteiger partial charge in [0, 0.05) is 5.75 Å². The first-order chi connectivity index (χ1) is 8.50. The second-order valence-electron chi connectivity index (χ2n) is 3.72. The lowest BCUT2D eigenvalue weighted by molar-refractivity contribution is -0.138. The van der Waals surface area contributed by atoms with Crippen LogP contribution in [-0.4, -0.2) is 34.0 Å². The first kappa shape index (κ1) is 14.6. The predicted molar refractivity (Wildman–Crippen MR) is 68.1 cm³/mol. The van der Waals surface area contributed by atoms with E-state index in [9.17, 15) is 9.59 Å². The Hall–Kier alpha value is -1.47. The minimum Gasteiger partial charge on any atom is -0.480 e. The number of thioether (sulfide) groups is 1. The van der Waals surface area contributed by atoms with Crippen LogP contribution >= 0.6 is 11.8 Å². The van der Waals surface area contributed by atoms with Gasteiger partial charge in [0.05, 0.1) is 18.1 Å². The number of carbonyl (C=O) groups excluding carboxylic acids is 1. The van der Waals surface area contributed by atoms with Crippen molar-refractivity contribution in [1.29, 1.82) is 0 Å². The van der Waals surface area contributed by atoms with Gasteiger partial charge in [-0.25, -0.2) is 0 Å². The summed E-state index contributed by atoms with van der Waals surface area (Å²) in [4.78, 5) is 22.2. The summed E-state index contributed by atoms with van der Waals surface area (Å²) < 4.78 is 5.07. The van der Waals surface area contributed by atoms with E-state index in [0.717, 1.165) is 0 Å². The predicted octanol–water partition coefficient (Wildman–Crippen LogP) is 0.429. The molecular formula is C11H16N2O4S. The molecule has 0 radical (unpaired) electrons. The fourth-order valence-corrected chi connectivity index (χ4v) is 2.00. The van der Waals surface area contributed by atoms with Crippen molar-refractivity contribution in [2.24, 2.45) is 5.73 Å². The van der Waals surface area contributed by atoms with Gasteiger partial charge in [0.2, 0.25) is 5.91 Å². The van der Waals surface area contributed by atoms with Crippen LogP contribution in [0.2, 0.25) is 0 Å². The summed E-state index contributed by atoms with van der Waals surface area (Å²) in [5, 5.41) is 11.0. The maximum Gasteiger partial charge on any atom is 0.321 e. The zero-order valence-electron chi connectivity index (χ0n) is 9.96. The molecule has 18 heavy (non-hydrogen) atoms. The lowest BCUT2D eigenvalue weighted by Gasteiger charge is -2.12. The molecule has 0 saturated carbocycles. The van der Waals surface area contributed by atoms with Crippen LogP contribution < -0.4 is 11.1 Å². The highest BCUT2D eigenvalue weighted by Gasteiger charge is 2.18. The Kier molecular flexibility index (Phi) is 5.73. The lowest BCUT2D eigenvalue weighted by atomic mass is 10.4. The van der Waals surface area contributed by atoms with Gasteiger partial charge < -0.3 is 20.6 Å². The summed E-state index contributed by atoms with van der Waals surface area (Å²) in [6, 6.07) is 2.56. The van der Waals surface area contributed by atoms with Gasteiger partial charge in [-0.05, 0) is 19.1 Å². The smallest absolute Gasteiger partial charge is 0.321 e. The maximum atomic E-state index is 11.7.